The van der Waals surface area contributed by atoms with Crippen LogP contribution in [0.4, 0.5) is 5.13 Å². The van der Waals surface area contributed by atoms with Gasteiger partial charge in [-0.15, -0.1) is 0 Å². The number of rotatable bonds is 4. The highest BCUT2D eigenvalue weighted by atomic mass is 32.1. The molecule has 0 bridgehead atoms. The van der Waals surface area contributed by atoms with E-state index in [2.05, 4.69) is 4.98 Å². The zero-order valence-corrected chi connectivity index (χ0v) is 17.6. The molecule has 7 nitrogen and oxygen atoms in total. The van der Waals surface area contributed by atoms with Crippen LogP contribution in [-0.4, -0.2) is 34.9 Å². The number of aliphatic hydroxyl groups is 1. The van der Waals surface area contributed by atoms with E-state index in [1.807, 2.05) is 6.07 Å². The number of carbonyl (C=O) groups excluding carboxylic acids is 3. The smallest absolute Gasteiger partial charge is 0.350 e. The van der Waals surface area contributed by atoms with Crippen LogP contribution in [0, 0.1) is 6.92 Å². The number of Topliss-reactive ketones (excluding diaryl/α,β-unsaturated/α-hetero) is 1. The first-order valence-corrected chi connectivity index (χ1v) is 10.2. The van der Waals surface area contributed by atoms with E-state index in [4.69, 9.17) is 4.74 Å². The molecule has 2 heterocycles. The van der Waals surface area contributed by atoms with Gasteiger partial charge >= 0.3 is 11.9 Å². The Bertz CT molecular complexity index is 1200. The Morgan fingerprint density at radius 3 is 2.29 bits per heavy atom. The van der Waals surface area contributed by atoms with E-state index < -0.39 is 23.7 Å². The van der Waals surface area contributed by atoms with Gasteiger partial charge in [-0.3, -0.25) is 14.5 Å². The minimum atomic E-state index is -0.891. The van der Waals surface area contributed by atoms with Gasteiger partial charge in [0.1, 0.15) is 10.6 Å². The molecule has 1 aliphatic heterocycles. The number of hydrogen-bond acceptors (Lipinski definition) is 7. The third kappa shape index (κ3) is 3.51. The molecule has 1 aliphatic rings. The quantitative estimate of drug-likeness (QED) is 0.290. The van der Waals surface area contributed by atoms with Crippen molar-refractivity contribution in [1.82, 2.24) is 4.98 Å². The lowest BCUT2D eigenvalue weighted by molar-refractivity contribution is -0.132. The summed E-state index contributed by atoms with van der Waals surface area (Å²) in [6, 6.07) is 16.6. The first kappa shape index (κ1) is 20.5. The number of carbonyl (C=O) groups is 3. The predicted molar refractivity (Wildman–Crippen MR) is 116 cm³/mol. The molecule has 3 aromatic rings. The third-order valence-corrected chi connectivity index (χ3v) is 6.11. The Kier molecular flexibility index (Phi) is 5.39. The largest absolute Gasteiger partial charge is 0.507 e. The highest BCUT2D eigenvalue weighted by Crippen LogP contribution is 2.43. The summed E-state index contributed by atoms with van der Waals surface area (Å²) in [5.41, 5.74) is 1.41. The van der Waals surface area contributed by atoms with Gasteiger partial charge in [0.15, 0.2) is 5.13 Å². The van der Waals surface area contributed by atoms with E-state index in [1.54, 1.807) is 61.5 Å². The van der Waals surface area contributed by atoms with Crippen molar-refractivity contribution in [2.45, 2.75) is 13.0 Å². The van der Waals surface area contributed by atoms with Crippen molar-refractivity contribution in [3.05, 3.63) is 87.9 Å². The highest BCUT2D eigenvalue weighted by Gasteiger charge is 2.48. The maximum atomic E-state index is 13.1. The second kappa shape index (κ2) is 8.16. The molecule has 0 saturated carbocycles. The fourth-order valence-electron chi connectivity index (χ4n) is 3.50. The van der Waals surface area contributed by atoms with E-state index in [9.17, 15) is 19.5 Å². The summed E-state index contributed by atoms with van der Waals surface area (Å²) in [6.07, 6.45) is 0. The Labute approximate surface area is 182 Å². The van der Waals surface area contributed by atoms with Gasteiger partial charge in [0.2, 0.25) is 0 Å². The average Bonchev–Trinajstić information content (AvgIpc) is 3.31. The number of amides is 1. The molecule has 1 amide bonds. The van der Waals surface area contributed by atoms with Crippen molar-refractivity contribution in [3.63, 3.8) is 0 Å². The fraction of sp³-hybridized carbons (Fsp3) is 0.130. The minimum absolute atomic E-state index is 0.0325. The lowest BCUT2D eigenvalue weighted by Crippen LogP contribution is -2.29. The molecule has 0 aliphatic carbocycles. The molecule has 31 heavy (non-hydrogen) atoms. The molecule has 4 rings (SSSR count). The van der Waals surface area contributed by atoms with Crippen molar-refractivity contribution in [3.8, 4) is 0 Å². The number of methoxy groups -OCH3 is 1. The Balaban J connectivity index is 1.93. The summed E-state index contributed by atoms with van der Waals surface area (Å²) >= 11 is 0.966. The Hall–Kier alpha value is -3.78. The second-order valence-electron chi connectivity index (χ2n) is 6.85. The van der Waals surface area contributed by atoms with Crippen LogP contribution in [0.25, 0.3) is 5.76 Å². The molecule has 2 aromatic carbocycles. The zero-order valence-electron chi connectivity index (χ0n) is 16.7. The van der Waals surface area contributed by atoms with Gasteiger partial charge in [0.05, 0.1) is 24.4 Å². The molecule has 1 aromatic heterocycles. The zero-order chi connectivity index (χ0) is 22.1. The Morgan fingerprint density at radius 1 is 1.06 bits per heavy atom. The molecule has 1 atom stereocenters. The molecule has 1 fully saturated rings. The van der Waals surface area contributed by atoms with E-state index in [0.717, 1.165) is 11.3 Å². The first-order chi connectivity index (χ1) is 14.9. The normalized spacial score (nSPS) is 17.7. The number of aliphatic hydroxyl groups excluding tert-OH is 1. The number of benzene rings is 2. The summed E-state index contributed by atoms with van der Waals surface area (Å²) in [5, 5.41) is 11.2. The van der Waals surface area contributed by atoms with Gasteiger partial charge in [-0.2, -0.15) is 0 Å². The van der Waals surface area contributed by atoms with Gasteiger partial charge < -0.3 is 9.84 Å². The molecule has 0 radical (unpaired) electrons. The number of thiazole rings is 1. The number of anilines is 1. The van der Waals surface area contributed by atoms with Crippen LogP contribution in [0.2, 0.25) is 0 Å². The molecular formula is C23H18N2O5S. The fourth-order valence-corrected chi connectivity index (χ4v) is 4.51. The highest BCUT2D eigenvalue weighted by molar-refractivity contribution is 7.17. The van der Waals surface area contributed by atoms with Crippen LogP contribution in [0.5, 0.6) is 0 Å². The van der Waals surface area contributed by atoms with Crippen LogP contribution in [0.1, 0.15) is 32.5 Å². The number of ether oxygens (including phenoxy) is 1. The SMILES string of the molecule is COC(=O)c1sc(N2C(=O)C(=O)/C(=C(\O)c3ccccc3)C2c2ccccc2)nc1C. The van der Waals surface area contributed by atoms with E-state index in [-0.39, 0.29) is 21.3 Å². The predicted octanol–water partition coefficient (Wildman–Crippen LogP) is 3.86. The van der Waals surface area contributed by atoms with Gasteiger partial charge in [0, 0.05) is 5.56 Å². The second-order valence-corrected chi connectivity index (χ2v) is 7.83. The van der Waals surface area contributed by atoms with Crippen LogP contribution < -0.4 is 4.90 Å². The third-order valence-electron chi connectivity index (χ3n) is 4.97. The molecule has 0 spiro atoms. The summed E-state index contributed by atoms with van der Waals surface area (Å²) < 4.78 is 4.78. The lowest BCUT2D eigenvalue weighted by atomic mass is 9.95. The summed E-state index contributed by atoms with van der Waals surface area (Å²) in [4.78, 5) is 44.0. The monoisotopic (exact) mass is 434 g/mol. The number of ketones is 1. The maximum Gasteiger partial charge on any atom is 0.350 e. The van der Waals surface area contributed by atoms with Gasteiger partial charge in [-0.05, 0) is 12.5 Å². The minimum Gasteiger partial charge on any atom is -0.507 e. The molecule has 8 heteroatoms. The number of hydrogen-bond donors (Lipinski definition) is 1. The van der Waals surface area contributed by atoms with Crippen molar-refractivity contribution in [2.24, 2.45) is 0 Å². The van der Waals surface area contributed by atoms with Gasteiger partial charge in [-0.25, -0.2) is 9.78 Å². The topological polar surface area (TPSA) is 96.8 Å². The van der Waals surface area contributed by atoms with Crippen LogP contribution >= 0.6 is 11.3 Å². The molecule has 1 saturated heterocycles. The summed E-state index contributed by atoms with van der Waals surface area (Å²) in [5.74, 6) is -2.48. The van der Waals surface area contributed by atoms with Crippen molar-refractivity contribution < 1.29 is 24.2 Å². The molecule has 1 N–H and O–H groups in total. The van der Waals surface area contributed by atoms with Crippen LogP contribution in [0.15, 0.2) is 66.2 Å². The van der Waals surface area contributed by atoms with E-state index in [0.29, 0.717) is 16.8 Å². The standard InChI is InChI=1S/C23H18N2O5S/c1-13-20(22(29)30-2)31-23(24-13)25-17(14-9-5-3-6-10-14)16(19(27)21(25)28)18(26)15-11-7-4-8-12-15/h3-12,17,26H,1-2H3/b18-16-. The summed E-state index contributed by atoms with van der Waals surface area (Å²) in [6.45, 7) is 1.63. The average molecular weight is 434 g/mol. The van der Waals surface area contributed by atoms with Crippen molar-refractivity contribution >= 4 is 39.9 Å². The lowest BCUT2D eigenvalue weighted by Gasteiger charge is -2.22. The van der Waals surface area contributed by atoms with Crippen molar-refractivity contribution in [1.29, 1.82) is 0 Å². The number of nitrogens with zero attached hydrogens (tertiary/aromatic N) is 2. The molecule has 1 unspecified atom stereocenters. The Morgan fingerprint density at radius 2 is 1.68 bits per heavy atom. The number of aromatic nitrogens is 1. The van der Waals surface area contributed by atoms with Crippen LogP contribution in [0.3, 0.4) is 0 Å². The summed E-state index contributed by atoms with van der Waals surface area (Å²) in [7, 11) is 1.26. The first-order valence-electron chi connectivity index (χ1n) is 9.41. The van der Waals surface area contributed by atoms with Crippen LogP contribution in [-0.2, 0) is 14.3 Å². The van der Waals surface area contributed by atoms with Gasteiger partial charge in [0.25, 0.3) is 5.78 Å². The maximum absolute atomic E-state index is 13.1. The molecular weight excluding hydrogens is 416 g/mol. The van der Waals surface area contributed by atoms with E-state index >= 15 is 0 Å². The molecule has 156 valence electrons. The number of esters is 1. The number of aryl methyl sites for hydroxylation is 1. The van der Waals surface area contributed by atoms with Gasteiger partial charge in [-0.1, -0.05) is 72.0 Å². The van der Waals surface area contributed by atoms with E-state index in [1.165, 1.54) is 12.0 Å². The van der Waals surface area contributed by atoms with Crippen molar-refractivity contribution in [2.75, 3.05) is 12.0 Å².